The minimum Gasteiger partial charge on any atom is -0.387 e. The van der Waals surface area contributed by atoms with Gasteiger partial charge >= 0.3 is 0 Å². The molecule has 1 aromatic rings. The maximum Gasteiger partial charge on any atom is 0.229 e. The third kappa shape index (κ3) is 4.18. The number of hydrogen-bond donors (Lipinski definition) is 3. The third-order valence-electron chi connectivity index (χ3n) is 1.97. The molecule has 0 unspecified atom stereocenters. The molecular weight excluding hydrogens is 228 g/mol. The summed E-state index contributed by atoms with van der Waals surface area (Å²) in [6, 6.07) is 6.69. The van der Waals surface area contributed by atoms with Crippen LogP contribution in [0.1, 0.15) is 11.7 Å². The van der Waals surface area contributed by atoms with Crippen LogP contribution in [0.25, 0.3) is 0 Å². The minimum absolute atomic E-state index is 0.419. The Balaban J connectivity index is 2.86. The standard InChI is InChI=1S/C10H16N2O3S/c1-11-7-10(13)8-4-3-5-9(6-8)12-16(2,14)15/h3-6,10-13H,7H2,1-2H3/t10-/m1/s1. The molecule has 0 heterocycles. The Labute approximate surface area is 95.5 Å². The number of hydrogen-bond acceptors (Lipinski definition) is 4. The molecule has 6 heteroatoms. The van der Waals surface area contributed by atoms with E-state index in [2.05, 4.69) is 10.0 Å². The largest absolute Gasteiger partial charge is 0.387 e. The number of aliphatic hydroxyl groups excluding tert-OH is 1. The highest BCUT2D eigenvalue weighted by atomic mass is 32.2. The van der Waals surface area contributed by atoms with Crippen molar-refractivity contribution in [3.63, 3.8) is 0 Å². The molecule has 0 bridgehead atoms. The molecule has 0 saturated carbocycles. The highest BCUT2D eigenvalue weighted by Gasteiger charge is 2.08. The Morgan fingerprint density at radius 3 is 2.69 bits per heavy atom. The van der Waals surface area contributed by atoms with E-state index in [1.165, 1.54) is 0 Å². The number of sulfonamides is 1. The van der Waals surface area contributed by atoms with E-state index in [0.29, 0.717) is 17.8 Å². The Morgan fingerprint density at radius 2 is 2.12 bits per heavy atom. The van der Waals surface area contributed by atoms with Gasteiger partial charge in [0.15, 0.2) is 0 Å². The molecule has 0 radical (unpaired) electrons. The summed E-state index contributed by atoms with van der Waals surface area (Å²) < 4.78 is 24.4. The van der Waals surface area contributed by atoms with Gasteiger partial charge in [-0.05, 0) is 24.7 Å². The van der Waals surface area contributed by atoms with Crippen LogP contribution in [0.5, 0.6) is 0 Å². The van der Waals surface area contributed by atoms with Crippen molar-refractivity contribution in [3.05, 3.63) is 29.8 Å². The van der Waals surface area contributed by atoms with Crippen molar-refractivity contribution in [1.82, 2.24) is 5.32 Å². The van der Waals surface area contributed by atoms with E-state index in [1.54, 1.807) is 31.3 Å². The molecule has 3 N–H and O–H groups in total. The topological polar surface area (TPSA) is 78.4 Å². The van der Waals surface area contributed by atoms with Gasteiger partial charge in [0.1, 0.15) is 0 Å². The summed E-state index contributed by atoms with van der Waals surface area (Å²) >= 11 is 0. The normalized spacial score (nSPS) is 13.4. The molecule has 0 aromatic heterocycles. The molecule has 0 amide bonds. The smallest absolute Gasteiger partial charge is 0.229 e. The molecular formula is C10H16N2O3S. The molecule has 1 atom stereocenters. The van der Waals surface area contributed by atoms with Crippen LogP contribution in [-0.4, -0.2) is 33.4 Å². The molecule has 0 fully saturated rings. The molecule has 16 heavy (non-hydrogen) atoms. The van der Waals surface area contributed by atoms with Gasteiger partial charge in [-0.2, -0.15) is 0 Å². The lowest BCUT2D eigenvalue weighted by Crippen LogP contribution is -2.17. The molecule has 5 nitrogen and oxygen atoms in total. The minimum atomic E-state index is -3.28. The third-order valence-corrected chi connectivity index (χ3v) is 2.58. The Bertz CT molecular complexity index is 445. The first-order chi connectivity index (χ1) is 7.42. The maximum absolute atomic E-state index is 11.0. The summed E-state index contributed by atoms with van der Waals surface area (Å²) in [6.07, 6.45) is 0.440. The van der Waals surface area contributed by atoms with E-state index in [4.69, 9.17) is 0 Å². The molecule has 0 spiro atoms. The summed E-state index contributed by atoms with van der Waals surface area (Å²) in [6.45, 7) is 0.419. The summed E-state index contributed by atoms with van der Waals surface area (Å²) in [7, 11) is -1.54. The first-order valence-electron chi connectivity index (χ1n) is 4.83. The fourth-order valence-corrected chi connectivity index (χ4v) is 1.89. The summed E-state index contributed by atoms with van der Waals surface area (Å²) in [5.41, 5.74) is 1.12. The van der Waals surface area contributed by atoms with E-state index in [1.807, 2.05) is 0 Å². The quantitative estimate of drug-likeness (QED) is 0.696. The van der Waals surface area contributed by atoms with E-state index >= 15 is 0 Å². The number of benzene rings is 1. The van der Waals surface area contributed by atoms with Crippen molar-refractivity contribution < 1.29 is 13.5 Å². The summed E-state index contributed by atoms with van der Waals surface area (Å²) in [5.74, 6) is 0. The van der Waals surface area contributed by atoms with Gasteiger partial charge < -0.3 is 10.4 Å². The molecule has 90 valence electrons. The summed E-state index contributed by atoms with van der Waals surface area (Å²) in [5, 5.41) is 12.5. The van der Waals surface area contributed by atoms with Gasteiger partial charge in [0.05, 0.1) is 12.4 Å². The summed E-state index contributed by atoms with van der Waals surface area (Å²) in [4.78, 5) is 0. The number of nitrogens with one attached hydrogen (secondary N) is 2. The Morgan fingerprint density at radius 1 is 1.44 bits per heavy atom. The Hall–Kier alpha value is -1.11. The molecule has 0 aliphatic carbocycles. The second kappa shape index (κ2) is 5.29. The van der Waals surface area contributed by atoms with Crippen molar-refractivity contribution in [1.29, 1.82) is 0 Å². The van der Waals surface area contributed by atoms with Gasteiger partial charge in [-0.3, -0.25) is 4.72 Å². The van der Waals surface area contributed by atoms with Crippen molar-refractivity contribution in [3.8, 4) is 0 Å². The molecule has 1 aromatic carbocycles. The van der Waals surface area contributed by atoms with Crippen molar-refractivity contribution >= 4 is 15.7 Å². The highest BCUT2D eigenvalue weighted by molar-refractivity contribution is 7.92. The fraction of sp³-hybridized carbons (Fsp3) is 0.400. The van der Waals surface area contributed by atoms with Gasteiger partial charge in [0, 0.05) is 12.2 Å². The van der Waals surface area contributed by atoms with Crippen LogP contribution in [-0.2, 0) is 10.0 Å². The number of aliphatic hydroxyl groups is 1. The second-order valence-electron chi connectivity index (χ2n) is 3.57. The van der Waals surface area contributed by atoms with Crippen LogP contribution in [0.3, 0.4) is 0 Å². The maximum atomic E-state index is 11.0. The van der Waals surface area contributed by atoms with Crippen LogP contribution < -0.4 is 10.0 Å². The van der Waals surface area contributed by atoms with Crippen molar-refractivity contribution in [2.45, 2.75) is 6.10 Å². The van der Waals surface area contributed by atoms with Crippen LogP contribution in [0.4, 0.5) is 5.69 Å². The predicted molar refractivity (Wildman–Crippen MR) is 63.8 cm³/mol. The van der Waals surface area contributed by atoms with E-state index in [0.717, 1.165) is 6.26 Å². The van der Waals surface area contributed by atoms with Gasteiger partial charge in [0.25, 0.3) is 0 Å². The van der Waals surface area contributed by atoms with Crippen LogP contribution >= 0.6 is 0 Å². The van der Waals surface area contributed by atoms with Crippen molar-refractivity contribution in [2.75, 3.05) is 24.6 Å². The molecule has 0 aliphatic heterocycles. The van der Waals surface area contributed by atoms with Crippen LogP contribution in [0, 0.1) is 0 Å². The highest BCUT2D eigenvalue weighted by Crippen LogP contribution is 2.17. The number of rotatable bonds is 5. The van der Waals surface area contributed by atoms with Crippen molar-refractivity contribution in [2.24, 2.45) is 0 Å². The van der Waals surface area contributed by atoms with Gasteiger partial charge in [-0.25, -0.2) is 8.42 Å². The SMILES string of the molecule is CNC[C@@H](O)c1cccc(NS(C)(=O)=O)c1. The lowest BCUT2D eigenvalue weighted by atomic mass is 10.1. The van der Waals surface area contributed by atoms with Gasteiger partial charge in [-0.1, -0.05) is 12.1 Å². The first kappa shape index (κ1) is 13.0. The van der Waals surface area contributed by atoms with E-state index in [-0.39, 0.29) is 0 Å². The predicted octanol–water partition coefficient (Wildman–Crippen LogP) is 0.311. The van der Waals surface area contributed by atoms with Crippen LogP contribution in [0.2, 0.25) is 0 Å². The lowest BCUT2D eigenvalue weighted by Gasteiger charge is -2.12. The average molecular weight is 244 g/mol. The lowest BCUT2D eigenvalue weighted by molar-refractivity contribution is 0.178. The second-order valence-corrected chi connectivity index (χ2v) is 5.32. The van der Waals surface area contributed by atoms with E-state index < -0.39 is 16.1 Å². The first-order valence-corrected chi connectivity index (χ1v) is 6.72. The van der Waals surface area contributed by atoms with Gasteiger partial charge in [0.2, 0.25) is 10.0 Å². The number of anilines is 1. The fourth-order valence-electron chi connectivity index (χ4n) is 1.33. The van der Waals surface area contributed by atoms with Gasteiger partial charge in [-0.15, -0.1) is 0 Å². The monoisotopic (exact) mass is 244 g/mol. The Kier molecular flexibility index (Phi) is 4.28. The average Bonchev–Trinajstić information content (AvgIpc) is 2.16. The zero-order valence-electron chi connectivity index (χ0n) is 9.27. The zero-order valence-corrected chi connectivity index (χ0v) is 10.1. The van der Waals surface area contributed by atoms with E-state index in [9.17, 15) is 13.5 Å². The number of likely N-dealkylation sites (N-methyl/N-ethyl adjacent to an activating group) is 1. The molecule has 1 rings (SSSR count). The van der Waals surface area contributed by atoms with Crippen LogP contribution in [0.15, 0.2) is 24.3 Å². The molecule has 0 saturated heterocycles. The zero-order chi connectivity index (χ0) is 12.2. The molecule has 0 aliphatic rings.